The average molecular weight is 333 g/mol. The van der Waals surface area contributed by atoms with E-state index in [2.05, 4.69) is 54.7 Å². The van der Waals surface area contributed by atoms with Gasteiger partial charge in [-0.25, -0.2) is 0 Å². The molecular formula is C22H23NO2. The molecule has 1 N–H and O–H groups in total. The van der Waals surface area contributed by atoms with Crippen LogP contribution in [0.4, 0.5) is 5.69 Å². The van der Waals surface area contributed by atoms with Gasteiger partial charge in [0.05, 0.1) is 7.11 Å². The van der Waals surface area contributed by atoms with Crippen molar-refractivity contribution in [2.75, 3.05) is 12.4 Å². The molecule has 0 unspecified atom stereocenters. The Hall–Kier alpha value is -2.94. The maximum absolute atomic E-state index is 6.09. The average Bonchev–Trinajstić information content (AvgIpc) is 2.67. The first kappa shape index (κ1) is 16.9. The third-order valence-corrected chi connectivity index (χ3v) is 4.04. The molecule has 3 aromatic carbocycles. The maximum atomic E-state index is 6.09. The Morgan fingerprint density at radius 2 is 1.60 bits per heavy atom. The smallest absolute Gasteiger partial charge is 0.166 e. The molecule has 0 aromatic heterocycles. The summed E-state index contributed by atoms with van der Waals surface area (Å²) in [5, 5.41) is 3.44. The van der Waals surface area contributed by atoms with E-state index in [1.165, 1.54) is 5.56 Å². The topological polar surface area (TPSA) is 30.5 Å². The third kappa shape index (κ3) is 4.54. The maximum Gasteiger partial charge on any atom is 0.166 e. The van der Waals surface area contributed by atoms with E-state index in [0.717, 1.165) is 28.3 Å². The lowest BCUT2D eigenvalue weighted by Gasteiger charge is -2.16. The molecule has 0 bridgehead atoms. The first-order valence-electron chi connectivity index (χ1n) is 8.39. The minimum atomic E-state index is 0.513. The Labute approximate surface area is 149 Å². The van der Waals surface area contributed by atoms with Gasteiger partial charge in [-0.1, -0.05) is 60.2 Å². The number of benzene rings is 3. The van der Waals surface area contributed by atoms with Gasteiger partial charge in [0, 0.05) is 17.8 Å². The Kier molecular flexibility index (Phi) is 5.57. The molecule has 0 spiro atoms. The quantitative estimate of drug-likeness (QED) is 0.645. The van der Waals surface area contributed by atoms with E-state index in [4.69, 9.17) is 9.47 Å². The van der Waals surface area contributed by atoms with Crippen LogP contribution in [0.15, 0.2) is 72.8 Å². The van der Waals surface area contributed by atoms with Crippen molar-refractivity contribution >= 4 is 5.69 Å². The largest absolute Gasteiger partial charge is 0.493 e. The van der Waals surface area contributed by atoms with E-state index in [0.29, 0.717) is 13.2 Å². The zero-order valence-corrected chi connectivity index (χ0v) is 14.7. The lowest BCUT2D eigenvalue weighted by Crippen LogP contribution is -2.05. The van der Waals surface area contributed by atoms with Gasteiger partial charge >= 0.3 is 0 Å². The van der Waals surface area contributed by atoms with Crippen LogP contribution in [0.25, 0.3) is 0 Å². The molecule has 0 heterocycles. The second kappa shape index (κ2) is 8.25. The van der Waals surface area contributed by atoms with Crippen molar-refractivity contribution in [1.29, 1.82) is 0 Å². The molecule has 3 heteroatoms. The van der Waals surface area contributed by atoms with Crippen LogP contribution in [0.3, 0.4) is 0 Å². The van der Waals surface area contributed by atoms with E-state index in [1.807, 2.05) is 30.3 Å². The molecule has 0 aliphatic rings. The van der Waals surface area contributed by atoms with E-state index in [-0.39, 0.29) is 0 Å². The van der Waals surface area contributed by atoms with Gasteiger partial charge < -0.3 is 14.8 Å². The van der Waals surface area contributed by atoms with Gasteiger partial charge in [-0.05, 0) is 30.7 Å². The van der Waals surface area contributed by atoms with Gasteiger partial charge in [-0.15, -0.1) is 0 Å². The van der Waals surface area contributed by atoms with Crippen LogP contribution in [0.2, 0.25) is 0 Å². The van der Waals surface area contributed by atoms with Gasteiger partial charge in [0.15, 0.2) is 11.5 Å². The second-order valence-corrected chi connectivity index (χ2v) is 5.94. The highest BCUT2D eigenvalue weighted by Gasteiger charge is 2.11. The number of para-hydroxylation sites is 1. The van der Waals surface area contributed by atoms with Crippen LogP contribution in [0.1, 0.15) is 16.7 Å². The predicted molar refractivity (Wildman–Crippen MR) is 102 cm³/mol. The van der Waals surface area contributed by atoms with Crippen LogP contribution >= 0.6 is 0 Å². The summed E-state index contributed by atoms with van der Waals surface area (Å²) in [6.45, 7) is 3.27. The van der Waals surface area contributed by atoms with E-state index >= 15 is 0 Å². The summed E-state index contributed by atoms with van der Waals surface area (Å²) >= 11 is 0. The van der Waals surface area contributed by atoms with Crippen LogP contribution in [-0.2, 0) is 13.2 Å². The van der Waals surface area contributed by atoms with Crippen LogP contribution in [-0.4, -0.2) is 7.11 Å². The molecular weight excluding hydrogens is 310 g/mol. The highest BCUT2D eigenvalue weighted by molar-refractivity contribution is 5.50. The molecule has 3 rings (SSSR count). The van der Waals surface area contributed by atoms with Crippen molar-refractivity contribution in [3.05, 3.63) is 89.5 Å². The molecule has 0 radical (unpaired) electrons. The minimum Gasteiger partial charge on any atom is -0.493 e. The van der Waals surface area contributed by atoms with Crippen LogP contribution in [0, 0.1) is 6.92 Å². The molecule has 0 fully saturated rings. The first-order valence-corrected chi connectivity index (χ1v) is 8.39. The summed E-state index contributed by atoms with van der Waals surface area (Å²) < 4.78 is 11.6. The van der Waals surface area contributed by atoms with Gasteiger partial charge in [0.1, 0.15) is 6.61 Å². The van der Waals surface area contributed by atoms with Crippen LogP contribution in [0.5, 0.6) is 11.5 Å². The molecule has 0 aliphatic heterocycles. The standard InChI is InChI=1S/C22H23NO2/c1-17-11-13-20(14-12-17)23-15-19-9-6-10-21(24-2)22(19)25-16-18-7-4-3-5-8-18/h3-14,23H,15-16H2,1-2H3. The summed E-state index contributed by atoms with van der Waals surface area (Å²) in [7, 11) is 1.67. The van der Waals surface area contributed by atoms with Crippen LogP contribution < -0.4 is 14.8 Å². The predicted octanol–water partition coefficient (Wildman–Crippen LogP) is 5.19. The van der Waals surface area contributed by atoms with Gasteiger partial charge in [0.25, 0.3) is 0 Å². The fourth-order valence-electron chi connectivity index (χ4n) is 2.62. The molecule has 0 amide bonds. The highest BCUT2D eigenvalue weighted by atomic mass is 16.5. The molecule has 128 valence electrons. The Balaban J connectivity index is 1.75. The van der Waals surface area contributed by atoms with Gasteiger partial charge in [0.2, 0.25) is 0 Å². The summed E-state index contributed by atoms with van der Waals surface area (Å²) in [5.41, 5.74) is 4.53. The third-order valence-electron chi connectivity index (χ3n) is 4.04. The summed E-state index contributed by atoms with van der Waals surface area (Å²) in [5.74, 6) is 1.53. The first-order chi connectivity index (χ1) is 12.3. The monoisotopic (exact) mass is 333 g/mol. The highest BCUT2D eigenvalue weighted by Crippen LogP contribution is 2.32. The Morgan fingerprint density at radius 1 is 0.840 bits per heavy atom. The lowest BCUT2D eigenvalue weighted by atomic mass is 10.1. The molecule has 0 saturated heterocycles. The molecule has 0 aliphatic carbocycles. The van der Waals surface area contributed by atoms with Crippen molar-refractivity contribution in [3.8, 4) is 11.5 Å². The number of hydrogen-bond acceptors (Lipinski definition) is 3. The summed E-state index contributed by atoms with van der Waals surface area (Å²) in [4.78, 5) is 0. The molecule has 25 heavy (non-hydrogen) atoms. The fraction of sp³-hybridized carbons (Fsp3) is 0.182. The summed E-state index contributed by atoms with van der Waals surface area (Å²) in [6.07, 6.45) is 0. The molecule has 0 saturated carbocycles. The number of anilines is 1. The van der Waals surface area contributed by atoms with Crippen molar-refractivity contribution in [3.63, 3.8) is 0 Å². The van der Waals surface area contributed by atoms with Gasteiger partial charge in [-0.2, -0.15) is 0 Å². The fourth-order valence-corrected chi connectivity index (χ4v) is 2.62. The molecule has 3 nitrogen and oxygen atoms in total. The van der Waals surface area contributed by atoms with Crippen molar-refractivity contribution in [2.24, 2.45) is 0 Å². The number of nitrogens with one attached hydrogen (secondary N) is 1. The number of aryl methyl sites for hydroxylation is 1. The van der Waals surface area contributed by atoms with Gasteiger partial charge in [-0.3, -0.25) is 0 Å². The summed E-state index contributed by atoms with van der Waals surface area (Å²) in [6, 6.07) is 24.5. The second-order valence-electron chi connectivity index (χ2n) is 5.94. The van der Waals surface area contributed by atoms with Crippen molar-refractivity contribution in [2.45, 2.75) is 20.1 Å². The Morgan fingerprint density at radius 3 is 2.32 bits per heavy atom. The molecule has 0 atom stereocenters. The van der Waals surface area contributed by atoms with E-state index < -0.39 is 0 Å². The number of hydrogen-bond donors (Lipinski definition) is 1. The number of rotatable bonds is 7. The lowest BCUT2D eigenvalue weighted by molar-refractivity contribution is 0.281. The van der Waals surface area contributed by atoms with E-state index in [9.17, 15) is 0 Å². The normalized spacial score (nSPS) is 10.3. The number of methoxy groups -OCH3 is 1. The SMILES string of the molecule is COc1cccc(CNc2ccc(C)cc2)c1OCc1ccccc1. The Bertz CT molecular complexity index is 798. The molecule has 3 aromatic rings. The van der Waals surface area contributed by atoms with Crippen molar-refractivity contribution in [1.82, 2.24) is 0 Å². The zero-order valence-electron chi connectivity index (χ0n) is 14.7. The zero-order chi connectivity index (χ0) is 17.5. The minimum absolute atomic E-state index is 0.513. The number of ether oxygens (including phenoxy) is 2. The van der Waals surface area contributed by atoms with Crippen molar-refractivity contribution < 1.29 is 9.47 Å². The van der Waals surface area contributed by atoms with E-state index in [1.54, 1.807) is 7.11 Å².